The molecule has 9 heavy (non-hydrogen) atoms. The number of hydrogen-bond donors (Lipinski definition) is 0. The van der Waals surface area contributed by atoms with Crippen LogP contribution in [0.4, 0.5) is 0 Å². The molecule has 0 unspecified atom stereocenters. The summed E-state index contributed by atoms with van der Waals surface area (Å²) in [6.45, 7) is 6.33. The van der Waals surface area contributed by atoms with Crippen LogP contribution in [0.5, 0.6) is 0 Å². The highest BCUT2D eigenvalue weighted by molar-refractivity contribution is 4.61. The van der Waals surface area contributed by atoms with Crippen LogP contribution in [0.15, 0.2) is 0 Å². The summed E-state index contributed by atoms with van der Waals surface area (Å²) < 4.78 is 5.34. The number of rotatable bonds is 0. The summed E-state index contributed by atoms with van der Waals surface area (Å²) in [5.41, 5.74) is 0. The summed E-state index contributed by atoms with van der Waals surface area (Å²) in [5, 5.41) is 0. The normalized spacial score (nSPS) is 32.0. The van der Waals surface area contributed by atoms with Crippen LogP contribution in [0, 0.1) is 5.92 Å². The number of likely N-dealkylation sites (N-methyl/N-ethyl adjacent to an activating group) is 1. The van der Waals surface area contributed by atoms with Gasteiger partial charge in [-0.05, 0) is 13.0 Å². The molecule has 0 bridgehead atoms. The van der Waals surface area contributed by atoms with Crippen LogP contribution in [0.25, 0.3) is 0 Å². The largest absolute Gasteiger partial charge is 0.380 e. The van der Waals surface area contributed by atoms with E-state index in [-0.39, 0.29) is 0 Å². The minimum Gasteiger partial charge on any atom is -0.380 e. The Morgan fingerprint density at radius 1 is 1.56 bits per heavy atom. The molecule has 54 valence electrons. The number of nitrogens with zero attached hydrogens (tertiary/aromatic N) is 1. The first-order valence-electron chi connectivity index (χ1n) is 3.55. The van der Waals surface area contributed by atoms with Crippen LogP contribution in [-0.4, -0.2) is 38.3 Å². The van der Waals surface area contributed by atoms with E-state index in [1.807, 2.05) is 0 Å². The van der Waals surface area contributed by atoms with Gasteiger partial charge >= 0.3 is 0 Å². The summed E-state index contributed by atoms with van der Waals surface area (Å²) in [7, 11) is 2.14. The molecule has 0 aliphatic carbocycles. The van der Waals surface area contributed by atoms with E-state index >= 15 is 0 Å². The fourth-order valence-electron chi connectivity index (χ4n) is 1.18. The van der Waals surface area contributed by atoms with Crippen molar-refractivity contribution >= 4 is 0 Å². The van der Waals surface area contributed by atoms with E-state index in [1.54, 1.807) is 0 Å². The molecule has 1 aliphatic rings. The maximum Gasteiger partial charge on any atom is 0.0593 e. The van der Waals surface area contributed by atoms with Crippen LogP contribution in [0.3, 0.4) is 0 Å². The smallest absolute Gasteiger partial charge is 0.0593 e. The molecular formula is C7H15NO. The molecule has 0 aromatic carbocycles. The molecule has 1 fully saturated rings. The monoisotopic (exact) mass is 129 g/mol. The van der Waals surface area contributed by atoms with Crippen LogP contribution in [0.1, 0.15) is 6.92 Å². The molecule has 0 radical (unpaired) electrons. The molecule has 0 aromatic rings. The maximum atomic E-state index is 5.34. The minimum atomic E-state index is 0.706. The van der Waals surface area contributed by atoms with E-state index in [2.05, 4.69) is 18.9 Å². The lowest BCUT2D eigenvalue weighted by Crippen LogP contribution is -2.24. The van der Waals surface area contributed by atoms with Gasteiger partial charge in [0.2, 0.25) is 0 Å². The second-order valence-electron chi connectivity index (χ2n) is 2.94. The topological polar surface area (TPSA) is 12.5 Å². The van der Waals surface area contributed by atoms with Crippen molar-refractivity contribution in [2.75, 3.05) is 33.4 Å². The predicted octanol–water partition coefficient (Wildman–Crippen LogP) is 0.585. The Labute approximate surface area is 56.8 Å². The predicted molar refractivity (Wildman–Crippen MR) is 37.5 cm³/mol. The third kappa shape index (κ3) is 2.33. The first-order valence-corrected chi connectivity index (χ1v) is 3.55. The lowest BCUT2D eigenvalue weighted by Gasteiger charge is -2.13. The third-order valence-corrected chi connectivity index (χ3v) is 1.64. The van der Waals surface area contributed by atoms with Gasteiger partial charge in [0.1, 0.15) is 0 Å². The van der Waals surface area contributed by atoms with Gasteiger partial charge in [-0.1, -0.05) is 6.92 Å². The molecule has 1 rings (SSSR count). The fourth-order valence-corrected chi connectivity index (χ4v) is 1.18. The van der Waals surface area contributed by atoms with E-state index in [9.17, 15) is 0 Å². The molecule has 1 atom stereocenters. The summed E-state index contributed by atoms with van der Waals surface area (Å²) in [6, 6.07) is 0. The Morgan fingerprint density at radius 3 is 3.11 bits per heavy atom. The van der Waals surface area contributed by atoms with E-state index in [1.165, 1.54) is 6.54 Å². The fraction of sp³-hybridized carbons (Fsp3) is 1.00. The van der Waals surface area contributed by atoms with Gasteiger partial charge in [0.05, 0.1) is 13.2 Å². The van der Waals surface area contributed by atoms with Crippen LogP contribution < -0.4 is 0 Å². The molecular weight excluding hydrogens is 114 g/mol. The molecule has 2 heteroatoms. The van der Waals surface area contributed by atoms with Crippen molar-refractivity contribution < 1.29 is 4.74 Å². The summed E-state index contributed by atoms with van der Waals surface area (Å²) in [6.07, 6.45) is 0. The van der Waals surface area contributed by atoms with E-state index < -0.39 is 0 Å². The minimum absolute atomic E-state index is 0.706. The molecule has 1 saturated heterocycles. The van der Waals surface area contributed by atoms with Crippen molar-refractivity contribution in [1.29, 1.82) is 0 Å². The molecule has 0 spiro atoms. The summed E-state index contributed by atoms with van der Waals surface area (Å²) in [5.74, 6) is 0.706. The van der Waals surface area contributed by atoms with Crippen LogP contribution in [-0.2, 0) is 4.74 Å². The van der Waals surface area contributed by atoms with Crippen molar-refractivity contribution in [2.45, 2.75) is 6.92 Å². The Kier molecular flexibility index (Phi) is 2.49. The second-order valence-corrected chi connectivity index (χ2v) is 2.94. The zero-order chi connectivity index (χ0) is 6.69. The van der Waals surface area contributed by atoms with Gasteiger partial charge in [0, 0.05) is 13.1 Å². The first kappa shape index (κ1) is 7.03. The van der Waals surface area contributed by atoms with Gasteiger partial charge in [0.15, 0.2) is 0 Å². The Hall–Kier alpha value is -0.0800. The average molecular weight is 129 g/mol. The number of hydrogen-bond acceptors (Lipinski definition) is 2. The highest BCUT2D eigenvalue weighted by Crippen LogP contribution is 2.02. The third-order valence-electron chi connectivity index (χ3n) is 1.64. The second kappa shape index (κ2) is 3.18. The van der Waals surface area contributed by atoms with Crippen LogP contribution in [0.2, 0.25) is 0 Å². The van der Waals surface area contributed by atoms with Gasteiger partial charge in [-0.25, -0.2) is 0 Å². The Balaban J connectivity index is 2.29. The van der Waals surface area contributed by atoms with E-state index in [0.717, 1.165) is 19.8 Å². The molecule has 0 N–H and O–H groups in total. The van der Waals surface area contributed by atoms with Gasteiger partial charge in [-0.3, -0.25) is 0 Å². The molecule has 2 nitrogen and oxygen atoms in total. The summed E-state index contributed by atoms with van der Waals surface area (Å²) in [4.78, 5) is 2.32. The highest BCUT2D eigenvalue weighted by Gasteiger charge is 2.10. The first-order chi connectivity index (χ1) is 4.29. The molecule has 0 aromatic heterocycles. The van der Waals surface area contributed by atoms with Gasteiger partial charge < -0.3 is 9.64 Å². The zero-order valence-electron chi connectivity index (χ0n) is 6.26. The van der Waals surface area contributed by atoms with Crippen molar-refractivity contribution in [3.05, 3.63) is 0 Å². The van der Waals surface area contributed by atoms with Crippen molar-refractivity contribution in [1.82, 2.24) is 4.90 Å². The summed E-state index contributed by atoms with van der Waals surface area (Å²) >= 11 is 0. The number of ether oxygens (including phenoxy) is 1. The van der Waals surface area contributed by atoms with E-state index in [4.69, 9.17) is 4.74 Å². The van der Waals surface area contributed by atoms with Crippen molar-refractivity contribution in [3.8, 4) is 0 Å². The lowest BCUT2D eigenvalue weighted by atomic mass is 10.2. The molecule has 1 aliphatic heterocycles. The highest BCUT2D eigenvalue weighted by atomic mass is 16.5. The van der Waals surface area contributed by atoms with Crippen LogP contribution >= 0.6 is 0 Å². The SMILES string of the molecule is C[C@H]1COCCN(C)C1. The standard InChI is InChI=1S/C7H15NO/c1-7-5-8(2)3-4-9-6-7/h7H,3-6H2,1-2H3/t7-/m1/s1. The van der Waals surface area contributed by atoms with Gasteiger partial charge in [-0.15, -0.1) is 0 Å². The Bertz CT molecular complexity index is 75.0. The quantitative estimate of drug-likeness (QED) is 0.474. The van der Waals surface area contributed by atoms with Gasteiger partial charge in [0.25, 0.3) is 0 Å². The average Bonchev–Trinajstić information content (AvgIpc) is 1.93. The van der Waals surface area contributed by atoms with E-state index in [0.29, 0.717) is 5.92 Å². The lowest BCUT2D eigenvalue weighted by molar-refractivity contribution is 0.127. The Morgan fingerprint density at radius 2 is 2.33 bits per heavy atom. The van der Waals surface area contributed by atoms with Crippen molar-refractivity contribution in [3.63, 3.8) is 0 Å². The van der Waals surface area contributed by atoms with Gasteiger partial charge in [-0.2, -0.15) is 0 Å². The maximum absolute atomic E-state index is 5.34. The molecule has 0 saturated carbocycles. The zero-order valence-corrected chi connectivity index (χ0v) is 6.26. The molecule has 0 amide bonds. The van der Waals surface area contributed by atoms with Crippen molar-refractivity contribution in [2.24, 2.45) is 5.92 Å². The molecule has 1 heterocycles.